The van der Waals surface area contributed by atoms with Crippen molar-refractivity contribution >= 4 is 5.91 Å². The average Bonchev–Trinajstić information content (AvgIpc) is 2.27. The molecule has 0 aliphatic heterocycles. The smallest absolute Gasteiger partial charge is 0.246 e. The van der Waals surface area contributed by atoms with E-state index in [-0.39, 0.29) is 5.91 Å². The number of ether oxygens (including phenoxy) is 1. The molecule has 0 radical (unpaired) electrons. The molecule has 2 N–H and O–H groups in total. The molecule has 0 aliphatic rings. The topological polar surface area (TPSA) is 55.6 Å². The molecule has 88 valence electrons. The lowest BCUT2D eigenvalue weighted by Gasteiger charge is -2.28. The van der Waals surface area contributed by atoms with Crippen LogP contribution in [0.25, 0.3) is 0 Å². The van der Waals surface area contributed by atoms with Gasteiger partial charge in [-0.25, -0.2) is 5.84 Å². The molecule has 0 atom stereocenters. The molecule has 0 fully saturated rings. The number of hydrogen-bond acceptors (Lipinski definition) is 3. The number of carbonyl (C=O) groups is 1. The second-order valence-corrected chi connectivity index (χ2v) is 4.24. The summed E-state index contributed by atoms with van der Waals surface area (Å²) in [5.41, 5.74) is 0.135. The van der Waals surface area contributed by atoms with Crippen molar-refractivity contribution in [3.63, 3.8) is 0 Å². The van der Waals surface area contributed by atoms with Crippen molar-refractivity contribution < 1.29 is 9.53 Å². The third-order valence-electron chi connectivity index (χ3n) is 2.64. The minimum atomic E-state index is -0.698. The second-order valence-electron chi connectivity index (χ2n) is 4.24. The zero-order valence-electron chi connectivity index (χ0n) is 10.2. The van der Waals surface area contributed by atoms with E-state index in [1.54, 1.807) is 14.2 Å². The summed E-state index contributed by atoms with van der Waals surface area (Å²) >= 11 is 0. The lowest BCUT2D eigenvalue weighted by molar-refractivity contribution is -0.135. The summed E-state index contributed by atoms with van der Waals surface area (Å²) in [6, 6.07) is 7.46. The highest BCUT2D eigenvalue weighted by atomic mass is 16.5. The molecule has 4 heteroatoms. The molecule has 0 unspecified atom stereocenters. The van der Waals surface area contributed by atoms with Gasteiger partial charge in [-0.05, 0) is 19.9 Å². The Labute approximate surface area is 96.0 Å². The third-order valence-corrected chi connectivity index (χ3v) is 2.64. The van der Waals surface area contributed by atoms with E-state index in [0.29, 0.717) is 5.75 Å². The highest BCUT2D eigenvalue weighted by molar-refractivity contribution is 5.87. The molecule has 16 heavy (non-hydrogen) atoms. The van der Waals surface area contributed by atoms with Gasteiger partial charge in [-0.3, -0.25) is 9.80 Å². The fourth-order valence-corrected chi connectivity index (χ4v) is 1.72. The van der Waals surface area contributed by atoms with Gasteiger partial charge in [0, 0.05) is 12.6 Å². The van der Waals surface area contributed by atoms with E-state index in [2.05, 4.69) is 0 Å². The van der Waals surface area contributed by atoms with Crippen LogP contribution in [-0.2, 0) is 10.2 Å². The van der Waals surface area contributed by atoms with Gasteiger partial charge in [0.25, 0.3) is 0 Å². The minimum Gasteiger partial charge on any atom is -0.496 e. The third kappa shape index (κ3) is 2.17. The van der Waals surface area contributed by atoms with Crippen molar-refractivity contribution in [1.82, 2.24) is 5.01 Å². The van der Waals surface area contributed by atoms with Crippen molar-refractivity contribution in [3.8, 4) is 5.75 Å². The Kier molecular flexibility index (Phi) is 3.55. The number of methoxy groups -OCH3 is 1. The molecule has 1 rings (SSSR count). The summed E-state index contributed by atoms with van der Waals surface area (Å²) < 4.78 is 5.25. The van der Waals surface area contributed by atoms with Gasteiger partial charge in [0.15, 0.2) is 0 Å². The first-order valence-electron chi connectivity index (χ1n) is 5.07. The molecule has 0 aliphatic carbocycles. The Balaban J connectivity index is 3.21. The summed E-state index contributed by atoms with van der Waals surface area (Å²) in [7, 11) is 3.13. The van der Waals surface area contributed by atoms with Crippen molar-refractivity contribution in [2.75, 3.05) is 14.2 Å². The molecule has 0 spiro atoms. The number of nitrogens with two attached hydrogens (primary N) is 1. The van der Waals surface area contributed by atoms with Crippen LogP contribution in [-0.4, -0.2) is 25.1 Å². The maximum atomic E-state index is 12.0. The van der Waals surface area contributed by atoms with Crippen LogP contribution in [0.4, 0.5) is 0 Å². The van der Waals surface area contributed by atoms with Crippen LogP contribution in [0.3, 0.4) is 0 Å². The van der Waals surface area contributed by atoms with Gasteiger partial charge in [0.1, 0.15) is 5.75 Å². The van der Waals surface area contributed by atoms with Gasteiger partial charge in [-0.1, -0.05) is 18.2 Å². The van der Waals surface area contributed by atoms with Gasteiger partial charge in [0.2, 0.25) is 5.91 Å². The molecular weight excluding hydrogens is 204 g/mol. The molecular formula is C12H18N2O2. The molecule has 0 saturated carbocycles. The number of para-hydroxylation sites is 1. The van der Waals surface area contributed by atoms with Crippen LogP contribution in [0.2, 0.25) is 0 Å². The van der Waals surface area contributed by atoms with Crippen molar-refractivity contribution in [3.05, 3.63) is 29.8 Å². The summed E-state index contributed by atoms with van der Waals surface area (Å²) in [6.07, 6.45) is 0. The molecule has 4 nitrogen and oxygen atoms in total. The first-order chi connectivity index (χ1) is 7.41. The summed E-state index contributed by atoms with van der Waals surface area (Å²) in [5, 5.41) is 1.10. The van der Waals surface area contributed by atoms with Crippen molar-refractivity contribution in [1.29, 1.82) is 0 Å². The number of hydrazine groups is 1. The first kappa shape index (κ1) is 12.5. The standard InChI is InChI=1S/C12H18N2O2/c1-12(2,11(15)14(3)13)9-7-5-6-8-10(9)16-4/h5-8H,13H2,1-4H3. The molecule has 0 saturated heterocycles. The van der Waals surface area contributed by atoms with E-state index in [1.807, 2.05) is 38.1 Å². The van der Waals surface area contributed by atoms with E-state index in [4.69, 9.17) is 10.6 Å². The molecule has 0 heterocycles. The fraction of sp³-hybridized carbons (Fsp3) is 0.417. The minimum absolute atomic E-state index is 0.156. The maximum Gasteiger partial charge on any atom is 0.246 e. The quantitative estimate of drug-likeness (QED) is 0.476. The number of rotatable bonds is 3. The summed E-state index contributed by atoms with van der Waals surface area (Å²) in [5.74, 6) is 6.04. The van der Waals surface area contributed by atoms with Gasteiger partial charge < -0.3 is 4.74 Å². The van der Waals surface area contributed by atoms with Gasteiger partial charge >= 0.3 is 0 Å². The van der Waals surface area contributed by atoms with E-state index >= 15 is 0 Å². The number of nitrogens with zero attached hydrogens (tertiary/aromatic N) is 1. The molecule has 1 aromatic rings. The van der Waals surface area contributed by atoms with E-state index < -0.39 is 5.41 Å². The number of likely N-dealkylation sites (N-methyl/N-ethyl adjacent to an activating group) is 1. The van der Waals surface area contributed by atoms with Crippen LogP contribution in [0.1, 0.15) is 19.4 Å². The number of carbonyl (C=O) groups excluding carboxylic acids is 1. The highest BCUT2D eigenvalue weighted by Gasteiger charge is 2.33. The molecule has 1 amide bonds. The van der Waals surface area contributed by atoms with Gasteiger partial charge in [-0.15, -0.1) is 0 Å². The fourth-order valence-electron chi connectivity index (χ4n) is 1.72. The van der Waals surface area contributed by atoms with Crippen LogP contribution < -0.4 is 10.6 Å². The van der Waals surface area contributed by atoms with Gasteiger partial charge in [0.05, 0.1) is 12.5 Å². The van der Waals surface area contributed by atoms with E-state index in [0.717, 1.165) is 10.6 Å². The lowest BCUT2D eigenvalue weighted by Crippen LogP contribution is -2.45. The predicted molar refractivity (Wildman–Crippen MR) is 63.0 cm³/mol. The summed E-state index contributed by atoms with van der Waals surface area (Å²) in [6.45, 7) is 3.66. The van der Waals surface area contributed by atoms with Crippen LogP contribution >= 0.6 is 0 Å². The van der Waals surface area contributed by atoms with Crippen molar-refractivity contribution in [2.45, 2.75) is 19.3 Å². The Bertz CT molecular complexity index is 386. The van der Waals surface area contributed by atoms with Crippen LogP contribution in [0.15, 0.2) is 24.3 Å². The second kappa shape index (κ2) is 4.53. The monoisotopic (exact) mass is 222 g/mol. The van der Waals surface area contributed by atoms with Crippen LogP contribution in [0.5, 0.6) is 5.75 Å². The molecule has 0 bridgehead atoms. The Morgan fingerprint density at radius 1 is 1.38 bits per heavy atom. The van der Waals surface area contributed by atoms with Crippen molar-refractivity contribution in [2.24, 2.45) is 5.84 Å². The van der Waals surface area contributed by atoms with E-state index in [1.165, 1.54) is 0 Å². The normalized spacial score (nSPS) is 11.1. The molecule has 0 aromatic heterocycles. The zero-order valence-corrected chi connectivity index (χ0v) is 10.2. The van der Waals surface area contributed by atoms with Gasteiger partial charge in [-0.2, -0.15) is 0 Å². The van der Waals surface area contributed by atoms with Crippen LogP contribution in [0, 0.1) is 0 Å². The van der Waals surface area contributed by atoms with E-state index in [9.17, 15) is 4.79 Å². The number of amides is 1. The first-order valence-corrected chi connectivity index (χ1v) is 5.07. The Morgan fingerprint density at radius 2 is 1.94 bits per heavy atom. The lowest BCUT2D eigenvalue weighted by atomic mass is 9.83. The Morgan fingerprint density at radius 3 is 2.44 bits per heavy atom. The average molecular weight is 222 g/mol. The number of benzene rings is 1. The molecule has 1 aromatic carbocycles. The number of hydrogen-bond donors (Lipinski definition) is 1. The highest BCUT2D eigenvalue weighted by Crippen LogP contribution is 2.32. The SMILES string of the molecule is COc1ccccc1C(C)(C)C(=O)N(C)N. The Hall–Kier alpha value is -1.55. The zero-order chi connectivity index (χ0) is 12.3. The summed E-state index contributed by atoms with van der Waals surface area (Å²) in [4.78, 5) is 12.0. The predicted octanol–water partition coefficient (Wildman–Crippen LogP) is 1.30. The maximum absolute atomic E-state index is 12.0. The largest absolute Gasteiger partial charge is 0.496 e.